The largest absolute Gasteiger partial charge is 0.396 e. The van der Waals surface area contributed by atoms with Gasteiger partial charge in [0.25, 0.3) is 10.0 Å². The highest BCUT2D eigenvalue weighted by molar-refractivity contribution is 7.98. The van der Waals surface area contributed by atoms with E-state index >= 15 is 0 Å². The Bertz CT molecular complexity index is 782. The van der Waals surface area contributed by atoms with Crippen molar-refractivity contribution in [2.75, 3.05) is 16.7 Å². The van der Waals surface area contributed by atoms with E-state index in [1.807, 2.05) is 12.3 Å². The molecule has 0 bridgehead atoms. The van der Waals surface area contributed by atoms with E-state index in [4.69, 9.17) is 17.3 Å². The summed E-state index contributed by atoms with van der Waals surface area (Å²) in [5, 5.41) is -0.227. The molecule has 21 heavy (non-hydrogen) atoms. The third kappa shape index (κ3) is 3.61. The van der Waals surface area contributed by atoms with E-state index < -0.39 is 15.8 Å². The van der Waals surface area contributed by atoms with E-state index in [2.05, 4.69) is 4.72 Å². The lowest BCUT2D eigenvalue weighted by Gasteiger charge is -2.11. The Morgan fingerprint density at radius 1 is 1.29 bits per heavy atom. The molecule has 112 valence electrons. The van der Waals surface area contributed by atoms with Crippen molar-refractivity contribution in [3.05, 3.63) is 47.2 Å². The minimum absolute atomic E-state index is 0.227. The fourth-order valence-electron chi connectivity index (χ4n) is 1.65. The van der Waals surface area contributed by atoms with Crippen molar-refractivity contribution in [1.29, 1.82) is 0 Å². The summed E-state index contributed by atoms with van der Waals surface area (Å²) in [7, 11) is -3.95. The second kappa shape index (κ2) is 6.13. The smallest absolute Gasteiger partial charge is 0.263 e. The van der Waals surface area contributed by atoms with Crippen LogP contribution >= 0.6 is 23.4 Å². The van der Waals surface area contributed by atoms with Crippen LogP contribution in [0.1, 0.15) is 0 Å². The molecule has 0 saturated carbocycles. The number of thioether (sulfide) groups is 1. The molecule has 0 aromatic heterocycles. The molecule has 2 rings (SSSR count). The van der Waals surface area contributed by atoms with Gasteiger partial charge in [0.15, 0.2) is 0 Å². The van der Waals surface area contributed by atoms with Gasteiger partial charge in [0.2, 0.25) is 0 Å². The Balaban J connectivity index is 2.40. The fourth-order valence-corrected chi connectivity index (χ4v) is 3.71. The van der Waals surface area contributed by atoms with Crippen LogP contribution in [0, 0.1) is 5.82 Å². The number of hydrogen-bond donors (Lipinski definition) is 2. The molecule has 3 N–H and O–H groups in total. The van der Waals surface area contributed by atoms with Crippen LogP contribution in [0.15, 0.2) is 46.2 Å². The molecule has 0 amide bonds. The van der Waals surface area contributed by atoms with Crippen molar-refractivity contribution < 1.29 is 12.8 Å². The molecule has 2 aromatic carbocycles. The third-order valence-corrected chi connectivity index (χ3v) is 5.23. The molecule has 0 aliphatic rings. The predicted octanol–water partition coefficient (Wildman–Crippen LogP) is 3.58. The molecule has 0 heterocycles. The molecule has 4 nitrogen and oxygen atoms in total. The van der Waals surface area contributed by atoms with Gasteiger partial charge in [0.1, 0.15) is 10.7 Å². The van der Waals surface area contributed by atoms with Gasteiger partial charge < -0.3 is 5.73 Å². The molecule has 0 fully saturated rings. The van der Waals surface area contributed by atoms with Gasteiger partial charge in [-0.15, -0.1) is 11.8 Å². The first kappa shape index (κ1) is 15.9. The molecule has 8 heteroatoms. The molecule has 0 radical (unpaired) electrons. The molecule has 0 unspecified atom stereocenters. The summed E-state index contributed by atoms with van der Waals surface area (Å²) >= 11 is 7.27. The number of nitrogens with one attached hydrogen (secondary N) is 1. The molecule has 0 atom stereocenters. The van der Waals surface area contributed by atoms with Gasteiger partial charge in [0.05, 0.1) is 10.7 Å². The van der Waals surface area contributed by atoms with E-state index in [0.29, 0.717) is 5.69 Å². The standard InChI is InChI=1S/C13H12ClFN2O2S2/c1-20-9-4-2-3-8(5-9)17-21(18,19)13-7-12(16)11(15)6-10(13)14/h2-7,17H,16H2,1H3. The highest BCUT2D eigenvalue weighted by Gasteiger charge is 2.20. The topological polar surface area (TPSA) is 72.2 Å². The lowest BCUT2D eigenvalue weighted by Crippen LogP contribution is -2.14. The summed E-state index contributed by atoms with van der Waals surface area (Å²) < 4.78 is 40.2. The normalized spacial score (nSPS) is 11.4. The lowest BCUT2D eigenvalue weighted by atomic mass is 10.3. The SMILES string of the molecule is CSc1cccc(NS(=O)(=O)c2cc(N)c(F)cc2Cl)c1. The molecule has 2 aromatic rings. The summed E-state index contributed by atoms with van der Waals surface area (Å²) in [6.07, 6.45) is 1.88. The lowest BCUT2D eigenvalue weighted by molar-refractivity contribution is 0.600. The number of benzene rings is 2. The van der Waals surface area contributed by atoms with Gasteiger partial charge in [-0.05, 0) is 36.6 Å². The van der Waals surface area contributed by atoms with Gasteiger partial charge in [-0.2, -0.15) is 0 Å². The first-order valence-electron chi connectivity index (χ1n) is 5.75. The Morgan fingerprint density at radius 3 is 2.67 bits per heavy atom. The Morgan fingerprint density at radius 2 is 2.00 bits per heavy atom. The third-order valence-electron chi connectivity index (χ3n) is 2.66. The van der Waals surface area contributed by atoms with Crippen LogP contribution in [0.5, 0.6) is 0 Å². The van der Waals surface area contributed by atoms with Crippen molar-refractivity contribution in [3.63, 3.8) is 0 Å². The van der Waals surface area contributed by atoms with E-state index in [0.717, 1.165) is 17.0 Å². The predicted molar refractivity (Wildman–Crippen MR) is 84.9 cm³/mol. The summed E-state index contributed by atoms with van der Waals surface area (Å²) in [6, 6.07) is 8.75. The van der Waals surface area contributed by atoms with Crippen molar-refractivity contribution in [2.24, 2.45) is 0 Å². The Kier molecular flexibility index (Phi) is 4.65. The quantitative estimate of drug-likeness (QED) is 0.655. The molecular weight excluding hydrogens is 335 g/mol. The van der Waals surface area contributed by atoms with Crippen LogP contribution in [-0.4, -0.2) is 14.7 Å². The zero-order valence-electron chi connectivity index (χ0n) is 10.9. The summed E-state index contributed by atoms with van der Waals surface area (Å²) in [6.45, 7) is 0. The number of halogens is 2. The van der Waals surface area contributed by atoms with Crippen molar-refractivity contribution in [1.82, 2.24) is 0 Å². The minimum atomic E-state index is -3.95. The zero-order valence-corrected chi connectivity index (χ0v) is 13.3. The van der Waals surface area contributed by atoms with Crippen LogP contribution in [0.3, 0.4) is 0 Å². The molecular formula is C13H12ClFN2O2S2. The summed E-state index contributed by atoms with van der Waals surface area (Å²) in [4.78, 5) is 0.637. The minimum Gasteiger partial charge on any atom is -0.396 e. The molecule has 0 aliphatic carbocycles. The van der Waals surface area contributed by atoms with Gasteiger partial charge in [-0.3, -0.25) is 4.72 Å². The van der Waals surface area contributed by atoms with E-state index in [-0.39, 0.29) is 15.6 Å². The van der Waals surface area contributed by atoms with Crippen molar-refractivity contribution in [3.8, 4) is 0 Å². The first-order valence-corrected chi connectivity index (χ1v) is 8.83. The van der Waals surface area contributed by atoms with Crippen LogP contribution in [0.25, 0.3) is 0 Å². The molecule has 0 saturated heterocycles. The summed E-state index contributed by atoms with van der Waals surface area (Å²) in [5.74, 6) is -0.761. The summed E-state index contributed by atoms with van der Waals surface area (Å²) in [5.41, 5.74) is 5.51. The average Bonchev–Trinajstić information content (AvgIpc) is 2.42. The van der Waals surface area contributed by atoms with Crippen LogP contribution in [-0.2, 0) is 10.0 Å². The van der Waals surface area contributed by atoms with E-state index in [1.165, 1.54) is 11.8 Å². The highest BCUT2D eigenvalue weighted by Crippen LogP contribution is 2.28. The van der Waals surface area contributed by atoms with Crippen LogP contribution in [0.2, 0.25) is 5.02 Å². The number of nitrogens with two attached hydrogens (primary N) is 1. The maximum absolute atomic E-state index is 13.2. The van der Waals surface area contributed by atoms with Crippen molar-refractivity contribution >= 4 is 44.8 Å². The van der Waals surface area contributed by atoms with Gasteiger partial charge >= 0.3 is 0 Å². The Labute approximate surface area is 131 Å². The monoisotopic (exact) mass is 346 g/mol. The first-order chi connectivity index (χ1) is 9.83. The fraction of sp³-hybridized carbons (Fsp3) is 0.0769. The van der Waals surface area contributed by atoms with Gasteiger partial charge in [0, 0.05) is 10.6 Å². The molecule has 0 spiro atoms. The van der Waals surface area contributed by atoms with Crippen LogP contribution in [0.4, 0.5) is 15.8 Å². The number of hydrogen-bond acceptors (Lipinski definition) is 4. The second-order valence-electron chi connectivity index (χ2n) is 4.14. The van der Waals surface area contributed by atoms with Crippen molar-refractivity contribution in [2.45, 2.75) is 9.79 Å². The maximum atomic E-state index is 13.2. The second-order valence-corrected chi connectivity index (χ2v) is 7.08. The zero-order chi connectivity index (χ0) is 15.6. The average molecular weight is 347 g/mol. The molecule has 0 aliphatic heterocycles. The van der Waals surface area contributed by atoms with Gasteiger partial charge in [-0.25, -0.2) is 12.8 Å². The highest BCUT2D eigenvalue weighted by atomic mass is 35.5. The van der Waals surface area contributed by atoms with E-state index in [9.17, 15) is 12.8 Å². The van der Waals surface area contributed by atoms with Crippen LogP contribution < -0.4 is 10.5 Å². The Hall–Kier alpha value is -1.44. The number of sulfonamides is 1. The number of nitrogen functional groups attached to an aromatic ring is 1. The van der Waals surface area contributed by atoms with Gasteiger partial charge in [-0.1, -0.05) is 17.7 Å². The number of rotatable bonds is 4. The van der Waals surface area contributed by atoms with E-state index in [1.54, 1.807) is 18.2 Å². The number of anilines is 2. The maximum Gasteiger partial charge on any atom is 0.263 e.